The smallest absolute Gasteiger partial charge is 0.216 e. The summed E-state index contributed by atoms with van der Waals surface area (Å²) in [7, 11) is 0. The highest BCUT2D eigenvalue weighted by Gasteiger charge is 2.01. The minimum Gasteiger partial charge on any atom is -0.618 e. The minimum absolute atomic E-state index is 0.609. The Morgan fingerprint density at radius 2 is 0.781 bits per heavy atom. The van der Waals surface area contributed by atoms with Crippen molar-refractivity contribution in [1.29, 1.82) is 0 Å². The molecule has 32 heavy (non-hydrogen) atoms. The van der Waals surface area contributed by atoms with Gasteiger partial charge in [-0.2, -0.15) is 9.48 Å². The van der Waals surface area contributed by atoms with E-state index in [-0.39, 0.29) is 0 Å². The lowest BCUT2D eigenvalue weighted by Gasteiger charge is -2.02. The normalized spacial score (nSPS) is 11.4. The van der Waals surface area contributed by atoms with Crippen LogP contribution < -0.4 is 0 Å². The van der Waals surface area contributed by atoms with E-state index < -0.39 is 0 Å². The molecule has 4 aromatic rings. The second-order valence-electron chi connectivity index (χ2n) is 6.68. The largest absolute Gasteiger partial charge is 0.618 e. The van der Waals surface area contributed by atoms with Crippen molar-refractivity contribution < 1.29 is 9.48 Å². The molecule has 0 N–H and O–H groups in total. The molecule has 0 aliphatic heterocycles. The molecule has 6 heteroatoms. The van der Waals surface area contributed by atoms with Crippen molar-refractivity contribution in [1.82, 2.24) is 0 Å². The summed E-state index contributed by atoms with van der Waals surface area (Å²) in [6.07, 6.45) is 3.04. The van der Waals surface area contributed by atoms with Crippen LogP contribution in [-0.4, -0.2) is 21.9 Å². The molecule has 0 bridgehead atoms. The molecule has 0 heterocycles. The van der Waals surface area contributed by atoms with E-state index in [2.05, 4.69) is 0 Å². The molecule has 0 amide bonds. The van der Waals surface area contributed by atoms with Gasteiger partial charge in [-0.05, 0) is 48.5 Å². The third-order valence-corrected chi connectivity index (χ3v) is 4.80. The maximum atomic E-state index is 11.7. The Balaban J connectivity index is 0.000000181. The second kappa shape index (κ2) is 11.7. The zero-order valence-electron chi connectivity index (χ0n) is 17.0. The standard InChI is InChI=1S/2C13H10ClNO/c2*14-12-8-6-11(7-9-12)10-15(16)13-4-2-1-3-5-13/h2*1-10H/b2*15-10-. The van der Waals surface area contributed by atoms with Crippen molar-refractivity contribution in [2.24, 2.45) is 0 Å². The zero-order chi connectivity index (χ0) is 22.8. The monoisotopic (exact) mass is 462 g/mol. The molecule has 0 unspecified atom stereocenters. The third kappa shape index (κ3) is 7.27. The van der Waals surface area contributed by atoms with Gasteiger partial charge in [0.1, 0.15) is 0 Å². The fourth-order valence-electron chi connectivity index (χ4n) is 2.67. The van der Waals surface area contributed by atoms with Gasteiger partial charge in [0.05, 0.1) is 0 Å². The first-order chi connectivity index (χ1) is 15.5. The molecule has 160 valence electrons. The number of nitrogens with zero attached hydrogens (tertiary/aromatic N) is 2. The van der Waals surface area contributed by atoms with Crippen molar-refractivity contribution in [2.45, 2.75) is 0 Å². The van der Waals surface area contributed by atoms with E-state index in [0.717, 1.165) is 20.6 Å². The molecule has 0 aliphatic carbocycles. The van der Waals surface area contributed by atoms with E-state index in [9.17, 15) is 10.4 Å². The van der Waals surface area contributed by atoms with Crippen LogP contribution in [0.2, 0.25) is 10.0 Å². The number of hydrogen-bond donors (Lipinski definition) is 0. The first-order valence-corrected chi connectivity index (χ1v) is 10.5. The lowest BCUT2D eigenvalue weighted by Crippen LogP contribution is -1.98. The molecular weight excluding hydrogens is 443 g/mol. The molecule has 0 aliphatic rings. The summed E-state index contributed by atoms with van der Waals surface area (Å²) in [4.78, 5) is 0. The Bertz CT molecular complexity index is 1080. The quantitative estimate of drug-likeness (QED) is 0.139. The third-order valence-electron chi connectivity index (χ3n) is 4.29. The van der Waals surface area contributed by atoms with Crippen LogP contribution in [0.3, 0.4) is 0 Å². The lowest BCUT2D eigenvalue weighted by molar-refractivity contribution is -0.354. The van der Waals surface area contributed by atoms with Crippen molar-refractivity contribution in [3.8, 4) is 0 Å². The predicted octanol–water partition coefficient (Wildman–Crippen LogP) is 7.20. The van der Waals surface area contributed by atoms with Gasteiger partial charge in [0, 0.05) is 45.4 Å². The van der Waals surface area contributed by atoms with E-state index in [0.29, 0.717) is 21.4 Å². The molecule has 4 rings (SSSR count). The molecule has 0 aromatic heterocycles. The maximum Gasteiger partial charge on any atom is 0.216 e. The van der Waals surface area contributed by atoms with Crippen LogP contribution in [0.15, 0.2) is 109 Å². The van der Waals surface area contributed by atoms with Crippen molar-refractivity contribution in [3.05, 3.63) is 141 Å². The highest BCUT2D eigenvalue weighted by atomic mass is 35.5. The number of hydrogen-bond acceptors (Lipinski definition) is 2. The van der Waals surface area contributed by atoms with Crippen LogP contribution >= 0.6 is 23.2 Å². The lowest BCUT2D eigenvalue weighted by atomic mass is 10.2. The number of para-hydroxylation sites is 2. The molecule has 0 fully saturated rings. The summed E-state index contributed by atoms with van der Waals surface area (Å²) < 4.78 is 1.67. The fourth-order valence-corrected chi connectivity index (χ4v) is 2.92. The van der Waals surface area contributed by atoms with E-state index in [4.69, 9.17) is 23.2 Å². The molecule has 4 aromatic carbocycles. The number of halogens is 2. The zero-order valence-corrected chi connectivity index (χ0v) is 18.5. The summed E-state index contributed by atoms with van der Waals surface area (Å²) in [5.74, 6) is 0. The van der Waals surface area contributed by atoms with Gasteiger partial charge < -0.3 is 10.4 Å². The average Bonchev–Trinajstić information content (AvgIpc) is 2.83. The van der Waals surface area contributed by atoms with Crippen molar-refractivity contribution in [3.63, 3.8) is 0 Å². The van der Waals surface area contributed by atoms with Gasteiger partial charge in [-0.25, -0.2) is 0 Å². The Labute approximate surface area is 197 Å². The highest BCUT2D eigenvalue weighted by molar-refractivity contribution is 6.30. The summed E-state index contributed by atoms with van der Waals surface area (Å²) >= 11 is 11.5. The van der Waals surface area contributed by atoms with Crippen LogP contribution in [0.4, 0.5) is 11.4 Å². The van der Waals surface area contributed by atoms with Crippen LogP contribution in [-0.2, 0) is 0 Å². The molecule has 0 saturated carbocycles. The van der Waals surface area contributed by atoms with Crippen LogP contribution in [0.5, 0.6) is 0 Å². The van der Waals surface area contributed by atoms with Gasteiger partial charge in [-0.3, -0.25) is 0 Å². The van der Waals surface area contributed by atoms with E-state index in [1.54, 1.807) is 72.8 Å². The van der Waals surface area contributed by atoms with Gasteiger partial charge >= 0.3 is 0 Å². The first kappa shape index (κ1) is 23.1. The summed E-state index contributed by atoms with van der Waals surface area (Å²) in [6, 6.07) is 32.4. The fraction of sp³-hybridized carbons (Fsp3) is 0. The summed E-state index contributed by atoms with van der Waals surface area (Å²) in [5.41, 5.74) is 2.86. The van der Waals surface area contributed by atoms with E-state index in [1.807, 2.05) is 36.4 Å². The van der Waals surface area contributed by atoms with Gasteiger partial charge in [-0.1, -0.05) is 59.6 Å². The molecule has 0 atom stereocenters. The Morgan fingerprint density at radius 1 is 0.469 bits per heavy atom. The van der Waals surface area contributed by atoms with Crippen LogP contribution in [0, 0.1) is 10.4 Å². The number of benzene rings is 4. The summed E-state index contributed by atoms with van der Waals surface area (Å²) in [6.45, 7) is 0. The topological polar surface area (TPSA) is 52.1 Å². The SMILES string of the molecule is [O-]/[N+](=C\c1ccc(Cl)cc1)c1ccccc1.[O-]/[N+](=C\c1ccc(Cl)cc1)c1ccccc1. The Kier molecular flexibility index (Phi) is 8.44. The van der Waals surface area contributed by atoms with Crippen molar-refractivity contribution in [2.75, 3.05) is 0 Å². The molecular formula is C26H20Cl2N2O2. The van der Waals surface area contributed by atoms with Crippen LogP contribution in [0.1, 0.15) is 11.1 Å². The van der Waals surface area contributed by atoms with Gasteiger partial charge in [0.2, 0.25) is 11.4 Å². The van der Waals surface area contributed by atoms with E-state index >= 15 is 0 Å². The highest BCUT2D eigenvalue weighted by Crippen LogP contribution is 2.12. The average molecular weight is 463 g/mol. The summed E-state index contributed by atoms with van der Waals surface area (Å²) in [5, 5.41) is 24.8. The minimum atomic E-state index is 0.609. The second-order valence-corrected chi connectivity index (χ2v) is 7.56. The predicted molar refractivity (Wildman–Crippen MR) is 133 cm³/mol. The Hall–Kier alpha value is -3.60. The van der Waals surface area contributed by atoms with Crippen LogP contribution in [0.25, 0.3) is 0 Å². The number of rotatable bonds is 4. The van der Waals surface area contributed by atoms with Gasteiger partial charge in [0.25, 0.3) is 0 Å². The van der Waals surface area contributed by atoms with Crippen molar-refractivity contribution >= 4 is 47.0 Å². The molecule has 0 spiro atoms. The molecule has 4 nitrogen and oxygen atoms in total. The van der Waals surface area contributed by atoms with Gasteiger partial charge in [0.15, 0.2) is 12.4 Å². The first-order valence-electron chi connectivity index (χ1n) is 9.75. The Morgan fingerprint density at radius 3 is 1.09 bits per heavy atom. The maximum absolute atomic E-state index is 11.7. The molecule has 0 radical (unpaired) electrons. The molecule has 0 saturated heterocycles. The van der Waals surface area contributed by atoms with Gasteiger partial charge in [-0.15, -0.1) is 0 Å². The van der Waals surface area contributed by atoms with E-state index in [1.165, 1.54) is 12.4 Å².